The van der Waals surface area contributed by atoms with Crippen LogP contribution in [0, 0.1) is 0 Å². The minimum Gasteiger partial charge on any atom is -0.504 e. The summed E-state index contributed by atoms with van der Waals surface area (Å²) >= 11 is 6.09. The maximum absolute atomic E-state index is 10.1. The van der Waals surface area contributed by atoms with Gasteiger partial charge >= 0.3 is 0 Å². The van der Waals surface area contributed by atoms with Crippen molar-refractivity contribution in [3.8, 4) is 11.5 Å². The molecule has 0 amide bonds. The first-order chi connectivity index (χ1) is 8.26. The van der Waals surface area contributed by atoms with Gasteiger partial charge in [0.05, 0.1) is 18.2 Å². The van der Waals surface area contributed by atoms with Gasteiger partial charge in [0.1, 0.15) is 0 Å². The predicted molar refractivity (Wildman–Crippen MR) is 72.4 cm³/mol. The minimum absolute atomic E-state index is 0.0396. The van der Waals surface area contributed by atoms with Crippen molar-refractivity contribution in [3.05, 3.63) is 22.7 Å². The number of aliphatic hydroxyl groups is 1. The van der Waals surface area contributed by atoms with Gasteiger partial charge in [-0.05, 0) is 26.8 Å². The summed E-state index contributed by atoms with van der Waals surface area (Å²) in [6.45, 7) is 6.41. The molecule has 102 valence electrons. The molecule has 5 heteroatoms. The molecule has 0 heterocycles. The van der Waals surface area contributed by atoms with Crippen LogP contribution in [0.2, 0.25) is 5.02 Å². The second-order valence-electron chi connectivity index (χ2n) is 5.17. The van der Waals surface area contributed by atoms with Crippen molar-refractivity contribution in [1.29, 1.82) is 0 Å². The van der Waals surface area contributed by atoms with Gasteiger partial charge in [0.25, 0.3) is 0 Å². The Kier molecular flexibility index (Phi) is 4.85. The quantitative estimate of drug-likeness (QED) is 0.789. The molecule has 3 N–H and O–H groups in total. The lowest BCUT2D eigenvalue weighted by atomic mass is 10.1. The van der Waals surface area contributed by atoms with E-state index in [0.717, 1.165) is 0 Å². The van der Waals surface area contributed by atoms with Crippen molar-refractivity contribution in [2.45, 2.75) is 32.4 Å². The zero-order valence-electron chi connectivity index (χ0n) is 11.1. The van der Waals surface area contributed by atoms with Crippen LogP contribution in [-0.4, -0.2) is 29.4 Å². The molecule has 0 unspecified atom stereocenters. The van der Waals surface area contributed by atoms with Crippen molar-refractivity contribution in [3.63, 3.8) is 0 Å². The van der Waals surface area contributed by atoms with Crippen LogP contribution in [-0.2, 0) is 0 Å². The Labute approximate surface area is 113 Å². The lowest BCUT2D eigenvalue weighted by Crippen LogP contribution is -2.38. The van der Waals surface area contributed by atoms with Crippen molar-refractivity contribution in [2.75, 3.05) is 13.7 Å². The first-order valence-corrected chi connectivity index (χ1v) is 6.12. The van der Waals surface area contributed by atoms with E-state index in [1.54, 1.807) is 6.07 Å². The predicted octanol–water partition coefficient (Wildman–Crippen LogP) is 2.48. The molecule has 1 aromatic carbocycles. The second kappa shape index (κ2) is 5.78. The summed E-state index contributed by atoms with van der Waals surface area (Å²) in [4.78, 5) is 0. The largest absolute Gasteiger partial charge is 0.504 e. The number of halogens is 1. The van der Waals surface area contributed by atoms with Crippen LogP contribution in [0.1, 0.15) is 32.4 Å². The topological polar surface area (TPSA) is 61.7 Å². The van der Waals surface area contributed by atoms with Crippen LogP contribution in [0.4, 0.5) is 0 Å². The number of benzene rings is 1. The summed E-state index contributed by atoms with van der Waals surface area (Å²) in [6.07, 6.45) is -0.758. The normalized spacial score (nSPS) is 13.4. The van der Waals surface area contributed by atoms with E-state index < -0.39 is 6.10 Å². The van der Waals surface area contributed by atoms with E-state index in [0.29, 0.717) is 12.1 Å². The highest BCUT2D eigenvalue weighted by atomic mass is 35.5. The van der Waals surface area contributed by atoms with E-state index >= 15 is 0 Å². The standard InChI is InChI=1S/C13H20ClNO3/c1-13(2,3)15-7-10(17)8-5-6-9(16)12(18-4)11(8)14/h5-6,10,15-17H,7H2,1-4H3/t10-/m0/s1. The molecular weight excluding hydrogens is 254 g/mol. The number of aromatic hydroxyl groups is 1. The van der Waals surface area contributed by atoms with Gasteiger partial charge in [0.2, 0.25) is 0 Å². The number of ether oxygens (including phenoxy) is 1. The van der Waals surface area contributed by atoms with Crippen LogP contribution in [0.5, 0.6) is 11.5 Å². The number of aliphatic hydroxyl groups excluding tert-OH is 1. The smallest absolute Gasteiger partial charge is 0.179 e. The number of β-amino-alcohol motifs (C(OH)–C–C–N with tert-alkyl or cyclic N) is 1. The van der Waals surface area contributed by atoms with Crippen LogP contribution in [0.15, 0.2) is 12.1 Å². The van der Waals surface area contributed by atoms with E-state index in [-0.39, 0.29) is 22.1 Å². The number of hydrogen-bond donors (Lipinski definition) is 3. The molecule has 18 heavy (non-hydrogen) atoms. The molecule has 0 aromatic heterocycles. The van der Waals surface area contributed by atoms with Gasteiger partial charge < -0.3 is 20.3 Å². The molecule has 0 bridgehead atoms. The molecule has 0 saturated heterocycles. The molecule has 1 aromatic rings. The molecule has 0 spiro atoms. The van der Waals surface area contributed by atoms with Gasteiger partial charge in [-0.25, -0.2) is 0 Å². The average molecular weight is 274 g/mol. The first-order valence-electron chi connectivity index (χ1n) is 5.74. The molecule has 0 aliphatic carbocycles. The summed E-state index contributed by atoms with van der Waals surface area (Å²) in [5.41, 5.74) is 0.442. The molecule has 1 rings (SSSR count). The van der Waals surface area contributed by atoms with E-state index in [1.165, 1.54) is 13.2 Å². The fourth-order valence-electron chi connectivity index (χ4n) is 1.53. The van der Waals surface area contributed by atoms with Gasteiger partial charge in [0, 0.05) is 17.6 Å². The van der Waals surface area contributed by atoms with E-state index in [1.807, 2.05) is 20.8 Å². The Balaban J connectivity index is 2.90. The monoisotopic (exact) mass is 273 g/mol. The van der Waals surface area contributed by atoms with E-state index in [2.05, 4.69) is 5.32 Å². The Morgan fingerprint density at radius 1 is 1.39 bits per heavy atom. The highest BCUT2D eigenvalue weighted by molar-refractivity contribution is 6.33. The SMILES string of the molecule is COc1c(O)ccc([C@@H](O)CNC(C)(C)C)c1Cl. The third kappa shape index (κ3) is 3.77. The summed E-state index contributed by atoms with van der Waals surface area (Å²) in [7, 11) is 1.42. The zero-order chi connectivity index (χ0) is 13.9. The maximum atomic E-state index is 10.1. The van der Waals surface area contributed by atoms with Gasteiger partial charge in [-0.3, -0.25) is 0 Å². The Morgan fingerprint density at radius 2 is 2.00 bits per heavy atom. The van der Waals surface area contributed by atoms with Gasteiger partial charge in [-0.2, -0.15) is 0 Å². The number of nitrogens with one attached hydrogen (secondary N) is 1. The van der Waals surface area contributed by atoms with Gasteiger partial charge in [-0.15, -0.1) is 0 Å². The molecule has 0 fully saturated rings. The summed E-state index contributed by atoms with van der Waals surface area (Å²) in [5.74, 6) is 0.145. The molecule has 0 aliphatic heterocycles. The number of methoxy groups -OCH3 is 1. The lowest BCUT2D eigenvalue weighted by molar-refractivity contribution is 0.163. The van der Waals surface area contributed by atoms with Crippen LogP contribution < -0.4 is 10.1 Å². The summed E-state index contributed by atoms with van der Waals surface area (Å²) < 4.78 is 5.00. The number of phenolic OH excluding ortho intramolecular Hbond substituents is 1. The second-order valence-corrected chi connectivity index (χ2v) is 5.55. The fourth-order valence-corrected chi connectivity index (χ4v) is 1.89. The van der Waals surface area contributed by atoms with Gasteiger partial charge in [0.15, 0.2) is 11.5 Å². The third-order valence-corrected chi connectivity index (χ3v) is 2.88. The van der Waals surface area contributed by atoms with Crippen molar-refractivity contribution < 1.29 is 14.9 Å². The minimum atomic E-state index is -0.758. The van der Waals surface area contributed by atoms with Crippen molar-refractivity contribution >= 4 is 11.6 Å². The third-order valence-electron chi connectivity index (χ3n) is 2.50. The van der Waals surface area contributed by atoms with Gasteiger partial charge in [-0.1, -0.05) is 17.7 Å². The Hall–Kier alpha value is -0.970. The molecule has 0 radical (unpaired) electrons. The lowest BCUT2D eigenvalue weighted by Gasteiger charge is -2.23. The maximum Gasteiger partial charge on any atom is 0.179 e. The van der Waals surface area contributed by atoms with Crippen molar-refractivity contribution in [2.24, 2.45) is 0 Å². The molecule has 0 aliphatic rings. The number of hydrogen-bond acceptors (Lipinski definition) is 4. The zero-order valence-corrected chi connectivity index (χ0v) is 11.9. The molecule has 1 atom stereocenters. The molecule has 0 saturated carbocycles. The van der Waals surface area contributed by atoms with Crippen LogP contribution in [0.3, 0.4) is 0 Å². The number of phenols is 1. The summed E-state index contributed by atoms with van der Waals surface area (Å²) in [6, 6.07) is 3.05. The average Bonchev–Trinajstić information content (AvgIpc) is 2.26. The van der Waals surface area contributed by atoms with E-state index in [9.17, 15) is 10.2 Å². The molecular formula is C13H20ClNO3. The fraction of sp³-hybridized carbons (Fsp3) is 0.538. The number of rotatable bonds is 4. The van der Waals surface area contributed by atoms with Crippen LogP contribution in [0.25, 0.3) is 0 Å². The van der Waals surface area contributed by atoms with E-state index in [4.69, 9.17) is 16.3 Å². The first kappa shape index (κ1) is 15.1. The highest BCUT2D eigenvalue weighted by Crippen LogP contribution is 2.38. The summed E-state index contributed by atoms with van der Waals surface area (Å²) in [5, 5.41) is 23.1. The molecule has 4 nitrogen and oxygen atoms in total. The Bertz CT molecular complexity index is 415. The van der Waals surface area contributed by atoms with Crippen molar-refractivity contribution in [1.82, 2.24) is 5.32 Å². The Morgan fingerprint density at radius 3 is 2.50 bits per heavy atom. The van der Waals surface area contributed by atoms with Crippen LogP contribution >= 0.6 is 11.6 Å². The highest BCUT2D eigenvalue weighted by Gasteiger charge is 2.19.